The van der Waals surface area contributed by atoms with E-state index in [4.69, 9.17) is 0 Å². The lowest BCUT2D eigenvalue weighted by atomic mass is 9.99. The summed E-state index contributed by atoms with van der Waals surface area (Å²) < 4.78 is 2.74. The van der Waals surface area contributed by atoms with Crippen LogP contribution < -0.4 is 15.3 Å². The van der Waals surface area contributed by atoms with E-state index in [1.165, 1.54) is 75.2 Å². The molecule has 0 saturated carbocycles. The molecule has 0 radical (unpaired) electrons. The smallest absolute Gasteiger partial charge is 0.113 e. The maximum atomic E-state index is 2.53. The molecule has 0 amide bonds. The third kappa shape index (κ3) is 4.88. The topological polar surface area (TPSA) is 3.24 Å². The monoisotopic (exact) mass is 685 g/mol. The fourth-order valence-electron chi connectivity index (χ4n) is 8.22. The number of benzene rings is 8. The van der Waals surface area contributed by atoms with Gasteiger partial charge in [0.25, 0.3) is 0 Å². The van der Waals surface area contributed by atoms with Crippen LogP contribution in [-0.2, 0) is 0 Å². The molecule has 1 aliphatic rings. The van der Waals surface area contributed by atoms with Crippen LogP contribution in [-0.4, -0.2) is 8.07 Å². The molecule has 8 aromatic carbocycles. The standard InChI is InChI=1S/C48H35NSSi/c1-51(2)45-29-28-44-47(41-14-8-9-15-43(41)50-44)48(45)42-27-26-40(31-46(42)51)49(38-22-18-34(19-23-38)32-10-4-3-5-11-32)39-24-20-35(21-25-39)37-17-16-33-12-6-7-13-36(33)30-37/h3-31H,1-2H3. The van der Waals surface area contributed by atoms with E-state index < -0.39 is 8.07 Å². The van der Waals surface area contributed by atoms with Gasteiger partial charge >= 0.3 is 0 Å². The summed E-state index contributed by atoms with van der Waals surface area (Å²) in [5, 5.41) is 8.39. The van der Waals surface area contributed by atoms with Crippen molar-refractivity contribution in [2.24, 2.45) is 0 Å². The van der Waals surface area contributed by atoms with E-state index in [1.807, 2.05) is 11.3 Å². The molecule has 1 aliphatic heterocycles. The number of thiophene rings is 1. The summed E-state index contributed by atoms with van der Waals surface area (Å²) in [7, 11) is -1.99. The van der Waals surface area contributed by atoms with Crippen molar-refractivity contribution in [2.75, 3.05) is 4.90 Å². The Balaban J connectivity index is 1.11. The molecule has 0 atom stereocenters. The summed E-state index contributed by atoms with van der Waals surface area (Å²) in [6.07, 6.45) is 0. The van der Waals surface area contributed by atoms with Crippen molar-refractivity contribution in [1.29, 1.82) is 0 Å². The van der Waals surface area contributed by atoms with Crippen LogP contribution >= 0.6 is 11.3 Å². The van der Waals surface area contributed by atoms with Gasteiger partial charge < -0.3 is 4.90 Å². The Bertz CT molecular complexity index is 2760. The van der Waals surface area contributed by atoms with Crippen LogP contribution in [0.5, 0.6) is 0 Å². The maximum absolute atomic E-state index is 2.53. The molecule has 10 rings (SSSR count). The first-order valence-electron chi connectivity index (χ1n) is 17.7. The molecule has 1 nitrogen and oxygen atoms in total. The Hall–Kier alpha value is -5.74. The van der Waals surface area contributed by atoms with Crippen molar-refractivity contribution >= 4 is 77.8 Å². The molecular weight excluding hydrogens is 651 g/mol. The predicted molar refractivity (Wildman–Crippen MR) is 225 cm³/mol. The minimum atomic E-state index is -1.99. The molecule has 0 unspecified atom stereocenters. The second-order valence-electron chi connectivity index (χ2n) is 14.2. The number of fused-ring (bicyclic) bond motifs is 8. The highest BCUT2D eigenvalue weighted by Gasteiger charge is 2.39. The lowest BCUT2D eigenvalue weighted by molar-refractivity contribution is 1.29. The number of rotatable bonds is 5. The van der Waals surface area contributed by atoms with Crippen LogP contribution in [0.3, 0.4) is 0 Å². The molecule has 242 valence electrons. The van der Waals surface area contributed by atoms with Crippen LogP contribution in [0.25, 0.3) is 64.3 Å². The van der Waals surface area contributed by atoms with Gasteiger partial charge in [0.2, 0.25) is 0 Å². The summed E-state index contributed by atoms with van der Waals surface area (Å²) in [6.45, 7) is 5.05. The van der Waals surface area contributed by atoms with Crippen LogP contribution in [0.15, 0.2) is 176 Å². The minimum absolute atomic E-state index is 1.15. The van der Waals surface area contributed by atoms with Gasteiger partial charge in [-0.05, 0) is 109 Å². The number of nitrogens with zero attached hydrogens (tertiary/aromatic N) is 1. The molecule has 3 heteroatoms. The lowest BCUT2D eigenvalue weighted by Gasteiger charge is -2.28. The fraction of sp³-hybridized carbons (Fsp3) is 0.0417. The van der Waals surface area contributed by atoms with Crippen molar-refractivity contribution in [3.63, 3.8) is 0 Å². The lowest BCUT2D eigenvalue weighted by Crippen LogP contribution is -2.49. The van der Waals surface area contributed by atoms with E-state index in [2.05, 4.69) is 194 Å². The van der Waals surface area contributed by atoms with Crippen LogP contribution in [0.4, 0.5) is 17.1 Å². The maximum Gasteiger partial charge on any atom is 0.113 e. The van der Waals surface area contributed by atoms with E-state index in [0.717, 1.165) is 11.4 Å². The fourth-order valence-corrected chi connectivity index (χ4v) is 12.4. The molecule has 2 heterocycles. The number of hydrogen-bond acceptors (Lipinski definition) is 2. The quantitative estimate of drug-likeness (QED) is 0.163. The van der Waals surface area contributed by atoms with Gasteiger partial charge in [0.15, 0.2) is 0 Å². The molecule has 0 bridgehead atoms. The summed E-state index contributed by atoms with van der Waals surface area (Å²) in [4.78, 5) is 2.43. The zero-order chi connectivity index (χ0) is 34.1. The Morgan fingerprint density at radius 3 is 1.80 bits per heavy atom. The average molecular weight is 686 g/mol. The Morgan fingerprint density at radius 1 is 0.431 bits per heavy atom. The van der Waals surface area contributed by atoms with Crippen molar-refractivity contribution < 1.29 is 0 Å². The summed E-state index contributed by atoms with van der Waals surface area (Å²) in [5.74, 6) is 0. The van der Waals surface area contributed by atoms with Gasteiger partial charge in [-0.25, -0.2) is 0 Å². The van der Waals surface area contributed by atoms with E-state index in [1.54, 1.807) is 5.19 Å². The predicted octanol–water partition coefficient (Wildman–Crippen LogP) is 12.8. The Kier molecular flexibility index (Phi) is 6.89. The summed E-state index contributed by atoms with van der Waals surface area (Å²) in [5.41, 5.74) is 11.2. The SMILES string of the molecule is C[Si]1(C)c2cc(N(c3ccc(-c4ccccc4)cc3)c3ccc(-c4ccc5ccccc5c4)cc3)ccc2-c2c1ccc1sc3ccccc3c21. The summed E-state index contributed by atoms with van der Waals surface area (Å²) >= 11 is 1.91. The van der Waals surface area contributed by atoms with E-state index in [0.29, 0.717) is 0 Å². The zero-order valence-electron chi connectivity index (χ0n) is 28.6. The molecule has 0 spiro atoms. The minimum Gasteiger partial charge on any atom is -0.311 e. The van der Waals surface area contributed by atoms with Crippen molar-refractivity contribution in [3.8, 4) is 33.4 Å². The van der Waals surface area contributed by atoms with Crippen LogP contribution in [0, 0.1) is 0 Å². The van der Waals surface area contributed by atoms with Crippen LogP contribution in [0.2, 0.25) is 13.1 Å². The molecule has 0 aliphatic carbocycles. The second kappa shape index (κ2) is 11.7. The van der Waals surface area contributed by atoms with Gasteiger partial charge in [0.05, 0.1) is 0 Å². The van der Waals surface area contributed by atoms with E-state index in [-0.39, 0.29) is 0 Å². The van der Waals surface area contributed by atoms with Gasteiger partial charge in [-0.3, -0.25) is 0 Å². The van der Waals surface area contributed by atoms with E-state index in [9.17, 15) is 0 Å². The number of hydrogen-bond donors (Lipinski definition) is 0. The third-order valence-corrected chi connectivity index (χ3v) is 15.5. The zero-order valence-corrected chi connectivity index (χ0v) is 30.4. The molecule has 0 fully saturated rings. The highest BCUT2D eigenvalue weighted by molar-refractivity contribution is 7.26. The van der Waals surface area contributed by atoms with Crippen molar-refractivity contribution in [3.05, 3.63) is 176 Å². The molecule has 1 aromatic heterocycles. The van der Waals surface area contributed by atoms with Crippen molar-refractivity contribution in [2.45, 2.75) is 13.1 Å². The first-order chi connectivity index (χ1) is 25.0. The van der Waals surface area contributed by atoms with Crippen LogP contribution in [0.1, 0.15) is 0 Å². The van der Waals surface area contributed by atoms with E-state index >= 15 is 0 Å². The largest absolute Gasteiger partial charge is 0.311 e. The van der Waals surface area contributed by atoms with Gasteiger partial charge in [-0.1, -0.05) is 134 Å². The third-order valence-electron chi connectivity index (χ3n) is 10.9. The highest BCUT2D eigenvalue weighted by Crippen LogP contribution is 2.44. The molecule has 0 N–H and O–H groups in total. The highest BCUT2D eigenvalue weighted by atomic mass is 32.1. The average Bonchev–Trinajstić information content (AvgIpc) is 3.67. The second-order valence-corrected chi connectivity index (χ2v) is 19.6. The number of anilines is 3. The molecule has 9 aromatic rings. The van der Waals surface area contributed by atoms with Gasteiger partial charge in [0, 0.05) is 37.2 Å². The Labute approximate surface area is 303 Å². The molecule has 51 heavy (non-hydrogen) atoms. The van der Waals surface area contributed by atoms with Gasteiger partial charge in [0.1, 0.15) is 8.07 Å². The van der Waals surface area contributed by atoms with Gasteiger partial charge in [-0.15, -0.1) is 11.3 Å². The van der Waals surface area contributed by atoms with Crippen molar-refractivity contribution in [1.82, 2.24) is 0 Å². The first kappa shape index (κ1) is 30.1. The summed E-state index contributed by atoms with van der Waals surface area (Å²) in [6, 6.07) is 65.1. The molecule has 0 saturated heterocycles. The normalized spacial score (nSPS) is 13.1. The van der Waals surface area contributed by atoms with Gasteiger partial charge in [-0.2, -0.15) is 0 Å². The Morgan fingerprint density at radius 2 is 1.04 bits per heavy atom. The first-order valence-corrected chi connectivity index (χ1v) is 21.5. The molecular formula is C48H35NSSi.